The first-order valence-electron chi connectivity index (χ1n) is 6.57. The molecule has 1 N–H and O–H groups in total. The Bertz CT molecular complexity index is 410. The molecule has 0 saturated heterocycles. The van der Waals surface area contributed by atoms with Crippen molar-refractivity contribution in [2.45, 2.75) is 45.1 Å². The Kier molecular flexibility index (Phi) is 3.81. The summed E-state index contributed by atoms with van der Waals surface area (Å²) in [6.07, 6.45) is 1.34. The highest BCUT2D eigenvalue weighted by atomic mass is 16.5. The third kappa shape index (κ3) is 2.96. The average molecular weight is 250 g/mol. The van der Waals surface area contributed by atoms with Crippen LogP contribution in [0.1, 0.15) is 39.2 Å². The summed E-state index contributed by atoms with van der Waals surface area (Å²) in [4.78, 5) is 0. The predicted octanol–water partition coefficient (Wildman–Crippen LogP) is 2.90. The lowest BCUT2D eigenvalue weighted by Crippen LogP contribution is -2.23. The summed E-state index contributed by atoms with van der Waals surface area (Å²) < 4.78 is 11.3. The summed E-state index contributed by atoms with van der Waals surface area (Å²) in [6.45, 7) is 7.51. The second-order valence-electron chi connectivity index (χ2n) is 5.65. The van der Waals surface area contributed by atoms with E-state index < -0.39 is 0 Å². The Morgan fingerprint density at radius 3 is 2.56 bits per heavy atom. The van der Waals surface area contributed by atoms with Crippen molar-refractivity contribution in [3.05, 3.63) is 23.8 Å². The molecule has 0 aliphatic carbocycles. The zero-order valence-corrected chi connectivity index (χ0v) is 11.4. The standard InChI is InChI=1S/C15H22O3/c1-11(16)10-15(2,3)12-5-6-13-14(9-12)18-8-4-7-17-13/h5-6,9,11,16H,4,7-8,10H2,1-3H3. The van der Waals surface area contributed by atoms with Crippen LogP contribution in [0.2, 0.25) is 0 Å². The normalized spacial score (nSPS) is 17.1. The van der Waals surface area contributed by atoms with Crippen molar-refractivity contribution in [2.75, 3.05) is 13.2 Å². The van der Waals surface area contributed by atoms with Gasteiger partial charge in [-0.05, 0) is 36.5 Å². The maximum Gasteiger partial charge on any atom is 0.161 e. The van der Waals surface area contributed by atoms with Gasteiger partial charge in [-0.1, -0.05) is 19.9 Å². The molecule has 1 unspecified atom stereocenters. The van der Waals surface area contributed by atoms with Crippen LogP contribution >= 0.6 is 0 Å². The first-order chi connectivity index (χ1) is 8.49. The maximum atomic E-state index is 9.58. The van der Waals surface area contributed by atoms with Crippen LogP contribution in [0.25, 0.3) is 0 Å². The number of rotatable bonds is 3. The summed E-state index contributed by atoms with van der Waals surface area (Å²) in [5.41, 5.74) is 1.10. The van der Waals surface area contributed by atoms with Gasteiger partial charge in [0.2, 0.25) is 0 Å². The monoisotopic (exact) mass is 250 g/mol. The van der Waals surface area contributed by atoms with Crippen LogP contribution in [0.3, 0.4) is 0 Å². The second-order valence-corrected chi connectivity index (χ2v) is 5.65. The van der Waals surface area contributed by atoms with Crippen molar-refractivity contribution in [3.8, 4) is 11.5 Å². The molecule has 0 radical (unpaired) electrons. The molecule has 3 heteroatoms. The molecular formula is C15H22O3. The third-order valence-electron chi connectivity index (χ3n) is 3.33. The highest BCUT2D eigenvalue weighted by molar-refractivity contribution is 5.45. The van der Waals surface area contributed by atoms with E-state index in [2.05, 4.69) is 19.9 Å². The first kappa shape index (κ1) is 13.2. The van der Waals surface area contributed by atoms with Gasteiger partial charge in [0.05, 0.1) is 19.3 Å². The van der Waals surface area contributed by atoms with Crippen molar-refractivity contribution in [3.63, 3.8) is 0 Å². The molecule has 0 aromatic heterocycles. The SMILES string of the molecule is CC(O)CC(C)(C)c1ccc2c(c1)OCCCO2. The topological polar surface area (TPSA) is 38.7 Å². The molecule has 2 rings (SSSR count). The molecule has 1 aromatic carbocycles. The van der Waals surface area contributed by atoms with Crippen molar-refractivity contribution < 1.29 is 14.6 Å². The third-order valence-corrected chi connectivity index (χ3v) is 3.33. The van der Waals surface area contributed by atoms with Gasteiger partial charge in [-0.25, -0.2) is 0 Å². The second kappa shape index (κ2) is 5.19. The van der Waals surface area contributed by atoms with Crippen LogP contribution in [0.15, 0.2) is 18.2 Å². The van der Waals surface area contributed by atoms with Gasteiger partial charge in [0, 0.05) is 6.42 Å². The number of aliphatic hydroxyl groups is 1. The minimum absolute atomic E-state index is 0.0706. The van der Waals surface area contributed by atoms with E-state index in [0.29, 0.717) is 13.2 Å². The van der Waals surface area contributed by atoms with Crippen LogP contribution in [0.5, 0.6) is 11.5 Å². The minimum atomic E-state index is -0.309. The van der Waals surface area contributed by atoms with E-state index in [1.165, 1.54) is 5.56 Å². The van der Waals surface area contributed by atoms with Crippen LogP contribution in [-0.2, 0) is 5.41 Å². The lowest BCUT2D eigenvalue weighted by atomic mass is 9.80. The van der Waals surface area contributed by atoms with Crippen molar-refractivity contribution in [1.82, 2.24) is 0 Å². The number of aliphatic hydroxyl groups excluding tert-OH is 1. The Morgan fingerprint density at radius 2 is 1.89 bits per heavy atom. The van der Waals surface area contributed by atoms with Crippen molar-refractivity contribution in [1.29, 1.82) is 0 Å². The molecule has 0 spiro atoms. The van der Waals surface area contributed by atoms with Crippen molar-refractivity contribution >= 4 is 0 Å². The molecule has 1 aromatic rings. The van der Waals surface area contributed by atoms with E-state index in [-0.39, 0.29) is 11.5 Å². The van der Waals surface area contributed by atoms with E-state index in [9.17, 15) is 5.11 Å². The summed E-state index contributed by atoms with van der Waals surface area (Å²) in [7, 11) is 0. The fourth-order valence-corrected chi connectivity index (χ4v) is 2.44. The zero-order chi connectivity index (χ0) is 13.2. The van der Waals surface area contributed by atoms with Crippen LogP contribution < -0.4 is 9.47 Å². The molecule has 1 aliphatic heterocycles. The number of hydrogen-bond donors (Lipinski definition) is 1. The Labute approximate surface area is 109 Å². The lowest BCUT2D eigenvalue weighted by molar-refractivity contribution is 0.156. The smallest absolute Gasteiger partial charge is 0.161 e. The molecule has 0 bridgehead atoms. The Balaban J connectivity index is 2.27. The van der Waals surface area contributed by atoms with Gasteiger partial charge in [-0.15, -0.1) is 0 Å². The molecule has 0 saturated carbocycles. The van der Waals surface area contributed by atoms with Crippen LogP contribution in [-0.4, -0.2) is 24.4 Å². The molecule has 0 fully saturated rings. The molecule has 1 atom stereocenters. The molecule has 3 nitrogen and oxygen atoms in total. The molecule has 0 amide bonds. The van der Waals surface area contributed by atoms with Crippen LogP contribution in [0.4, 0.5) is 0 Å². The number of benzene rings is 1. The fourth-order valence-electron chi connectivity index (χ4n) is 2.44. The predicted molar refractivity (Wildman–Crippen MR) is 71.4 cm³/mol. The number of ether oxygens (including phenoxy) is 2. The van der Waals surface area contributed by atoms with Gasteiger partial charge >= 0.3 is 0 Å². The molecule has 100 valence electrons. The van der Waals surface area contributed by atoms with E-state index in [1.54, 1.807) is 0 Å². The van der Waals surface area contributed by atoms with Gasteiger partial charge in [0.1, 0.15) is 0 Å². The Morgan fingerprint density at radius 1 is 1.22 bits per heavy atom. The zero-order valence-electron chi connectivity index (χ0n) is 11.4. The van der Waals surface area contributed by atoms with E-state index in [0.717, 1.165) is 24.3 Å². The molecule has 1 heterocycles. The summed E-state index contributed by atoms with van der Waals surface area (Å²) in [5.74, 6) is 1.65. The lowest BCUT2D eigenvalue weighted by Gasteiger charge is -2.27. The highest BCUT2D eigenvalue weighted by Crippen LogP contribution is 2.36. The quantitative estimate of drug-likeness (QED) is 0.896. The van der Waals surface area contributed by atoms with Gasteiger partial charge in [0.25, 0.3) is 0 Å². The average Bonchev–Trinajstić information content (AvgIpc) is 2.51. The molecule has 1 aliphatic rings. The minimum Gasteiger partial charge on any atom is -0.490 e. The van der Waals surface area contributed by atoms with Crippen molar-refractivity contribution in [2.24, 2.45) is 0 Å². The summed E-state index contributed by atoms with van der Waals surface area (Å²) in [5, 5.41) is 9.58. The van der Waals surface area contributed by atoms with Gasteiger partial charge < -0.3 is 14.6 Å². The Hall–Kier alpha value is -1.22. The van der Waals surface area contributed by atoms with E-state index in [1.807, 2.05) is 19.1 Å². The van der Waals surface area contributed by atoms with E-state index in [4.69, 9.17) is 9.47 Å². The summed E-state index contributed by atoms with van der Waals surface area (Å²) >= 11 is 0. The number of hydrogen-bond acceptors (Lipinski definition) is 3. The summed E-state index contributed by atoms with van der Waals surface area (Å²) in [6, 6.07) is 6.08. The number of fused-ring (bicyclic) bond motifs is 1. The largest absolute Gasteiger partial charge is 0.490 e. The van der Waals surface area contributed by atoms with E-state index >= 15 is 0 Å². The van der Waals surface area contributed by atoms with Gasteiger partial charge in [0.15, 0.2) is 11.5 Å². The molecule has 18 heavy (non-hydrogen) atoms. The van der Waals surface area contributed by atoms with Gasteiger partial charge in [-0.2, -0.15) is 0 Å². The van der Waals surface area contributed by atoms with Gasteiger partial charge in [-0.3, -0.25) is 0 Å². The highest BCUT2D eigenvalue weighted by Gasteiger charge is 2.24. The first-order valence-corrected chi connectivity index (χ1v) is 6.57. The van der Waals surface area contributed by atoms with Crippen LogP contribution in [0, 0.1) is 0 Å². The fraction of sp³-hybridized carbons (Fsp3) is 0.600. The molecular weight excluding hydrogens is 228 g/mol. The maximum absolute atomic E-state index is 9.58.